The van der Waals surface area contributed by atoms with Crippen LogP contribution in [0.15, 0.2) is 48.5 Å². The standard InChI is InChI=1S/C22H21NO5/c1-15(22(25)23-11-10-17-4-2-3-5-18(17)13-23)28-21(24)9-7-16-6-8-19-20(12-16)27-14-26-19/h2-9,12,15H,10-11,13-14H2,1H3/b9-7+/t15-/m1/s1. The maximum Gasteiger partial charge on any atom is 0.331 e. The summed E-state index contributed by atoms with van der Waals surface area (Å²) in [6, 6.07) is 13.5. The van der Waals surface area contributed by atoms with Crippen LogP contribution in [0.3, 0.4) is 0 Å². The van der Waals surface area contributed by atoms with Gasteiger partial charge in [-0.3, -0.25) is 4.79 Å². The lowest BCUT2D eigenvalue weighted by Gasteiger charge is -2.30. The molecular formula is C22H21NO5. The highest BCUT2D eigenvalue weighted by Gasteiger charge is 2.26. The van der Waals surface area contributed by atoms with E-state index >= 15 is 0 Å². The molecule has 2 heterocycles. The SMILES string of the molecule is C[C@@H](OC(=O)/C=C/c1ccc2c(c1)OCO2)C(=O)N1CCc2ccccc2C1. The summed E-state index contributed by atoms with van der Waals surface area (Å²) < 4.78 is 15.9. The molecule has 1 amide bonds. The van der Waals surface area contributed by atoms with Crippen LogP contribution >= 0.6 is 0 Å². The minimum Gasteiger partial charge on any atom is -0.454 e. The normalized spacial score (nSPS) is 16.0. The first-order valence-corrected chi connectivity index (χ1v) is 9.24. The minimum atomic E-state index is -0.834. The van der Waals surface area contributed by atoms with Crippen LogP contribution in [-0.4, -0.2) is 36.2 Å². The van der Waals surface area contributed by atoms with Crippen molar-refractivity contribution in [3.05, 3.63) is 65.2 Å². The minimum absolute atomic E-state index is 0.181. The molecule has 0 unspecified atom stereocenters. The second kappa shape index (κ2) is 7.76. The second-order valence-electron chi connectivity index (χ2n) is 6.80. The summed E-state index contributed by atoms with van der Waals surface area (Å²) in [7, 11) is 0. The molecule has 2 aromatic carbocycles. The highest BCUT2D eigenvalue weighted by Crippen LogP contribution is 2.32. The maximum atomic E-state index is 12.6. The van der Waals surface area contributed by atoms with Crippen molar-refractivity contribution in [1.29, 1.82) is 0 Å². The molecule has 6 nitrogen and oxygen atoms in total. The molecule has 0 aromatic heterocycles. The van der Waals surface area contributed by atoms with Gasteiger partial charge < -0.3 is 19.1 Å². The number of benzene rings is 2. The van der Waals surface area contributed by atoms with Crippen LogP contribution in [0, 0.1) is 0 Å². The summed E-state index contributed by atoms with van der Waals surface area (Å²) in [5.74, 6) is 0.585. The zero-order valence-corrected chi connectivity index (χ0v) is 15.6. The van der Waals surface area contributed by atoms with E-state index in [1.807, 2.05) is 24.3 Å². The van der Waals surface area contributed by atoms with Crippen molar-refractivity contribution in [3.63, 3.8) is 0 Å². The summed E-state index contributed by atoms with van der Waals surface area (Å²) in [4.78, 5) is 26.5. The quantitative estimate of drug-likeness (QED) is 0.604. The van der Waals surface area contributed by atoms with E-state index in [1.165, 1.54) is 11.6 Å². The van der Waals surface area contributed by atoms with E-state index in [9.17, 15) is 9.59 Å². The van der Waals surface area contributed by atoms with Crippen molar-refractivity contribution in [2.75, 3.05) is 13.3 Å². The molecular weight excluding hydrogens is 358 g/mol. The van der Waals surface area contributed by atoms with Gasteiger partial charge in [-0.1, -0.05) is 30.3 Å². The molecule has 0 saturated heterocycles. The highest BCUT2D eigenvalue weighted by atomic mass is 16.7. The van der Waals surface area contributed by atoms with Crippen molar-refractivity contribution < 1.29 is 23.8 Å². The predicted octanol–water partition coefficient (Wildman–Crippen LogP) is 2.95. The van der Waals surface area contributed by atoms with E-state index < -0.39 is 12.1 Å². The predicted molar refractivity (Wildman–Crippen MR) is 103 cm³/mol. The van der Waals surface area contributed by atoms with Crippen LogP contribution in [0.5, 0.6) is 11.5 Å². The Labute approximate surface area is 163 Å². The number of amides is 1. The molecule has 6 heteroatoms. The highest BCUT2D eigenvalue weighted by molar-refractivity contribution is 5.90. The number of nitrogens with zero attached hydrogens (tertiary/aromatic N) is 1. The van der Waals surface area contributed by atoms with E-state index in [1.54, 1.807) is 30.0 Å². The number of hydrogen-bond acceptors (Lipinski definition) is 5. The van der Waals surface area contributed by atoms with Gasteiger partial charge in [0.2, 0.25) is 6.79 Å². The lowest BCUT2D eigenvalue weighted by molar-refractivity contribution is -0.155. The van der Waals surface area contributed by atoms with Crippen LogP contribution in [0.2, 0.25) is 0 Å². The fraction of sp³-hybridized carbons (Fsp3) is 0.273. The largest absolute Gasteiger partial charge is 0.454 e. The molecule has 0 fully saturated rings. The molecule has 0 radical (unpaired) electrons. The molecule has 2 aliphatic heterocycles. The number of ether oxygens (including phenoxy) is 3. The lowest BCUT2D eigenvalue weighted by Crippen LogP contribution is -2.42. The van der Waals surface area contributed by atoms with E-state index in [0.29, 0.717) is 24.6 Å². The van der Waals surface area contributed by atoms with E-state index in [4.69, 9.17) is 14.2 Å². The van der Waals surface area contributed by atoms with Gasteiger partial charge in [-0.2, -0.15) is 0 Å². The molecule has 0 bridgehead atoms. The smallest absolute Gasteiger partial charge is 0.331 e. The fourth-order valence-electron chi connectivity index (χ4n) is 3.39. The summed E-state index contributed by atoms with van der Waals surface area (Å²) in [5.41, 5.74) is 3.19. The Morgan fingerprint density at radius 2 is 1.89 bits per heavy atom. The Morgan fingerprint density at radius 1 is 1.11 bits per heavy atom. The molecule has 0 saturated carbocycles. The van der Waals surface area contributed by atoms with E-state index in [2.05, 4.69) is 6.07 Å². The van der Waals surface area contributed by atoms with Crippen LogP contribution in [0.25, 0.3) is 6.08 Å². The van der Waals surface area contributed by atoms with Crippen molar-refractivity contribution in [2.45, 2.75) is 26.0 Å². The zero-order chi connectivity index (χ0) is 19.5. The monoisotopic (exact) mass is 379 g/mol. The topological polar surface area (TPSA) is 65.1 Å². The van der Waals surface area contributed by atoms with Gasteiger partial charge in [-0.25, -0.2) is 4.79 Å². The molecule has 4 rings (SSSR count). The Kier molecular flexibility index (Phi) is 5.02. The summed E-state index contributed by atoms with van der Waals surface area (Å²) in [5, 5.41) is 0. The van der Waals surface area contributed by atoms with Gasteiger partial charge in [0.15, 0.2) is 17.6 Å². The van der Waals surface area contributed by atoms with Gasteiger partial charge in [-0.15, -0.1) is 0 Å². The van der Waals surface area contributed by atoms with Gasteiger partial charge >= 0.3 is 5.97 Å². The first kappa shape index (κ1) is 18.1. The third-order valence-electron chi connectivity index (χ3n) is 4.89. The molecule has 2 aromatic rings. The molecule has 0 spiro atoms. The summed E-state index contributed by atoms with van der Waals surface area (Å²) >= 11 is 0. The number of carbonyl (C=O) groups is 2. The van der Waals surface area contributed by atoms with Gasteiger partial charge in [0.05, 0.1) is 0 Å². The Bertz CT molecular complexity index is 936. The first-order chi connectivity index (χ1) is 13.6. The number of esters is 1. The van der Waals surface area contributed by atoms with Gasteiger partial charge in [0.1, 0.15) is 0 Å². The summed E-state index contributed by atoms with van der Waals surface area (Å²) in [6.07, 6.45) is 2.91. The third-order valence-corrected chi connectivity index (χ3v) is 4.89. The lowest BCUT2D eigenvalue weighted by atomic mass is 9.99. The molecule has 0 aliphatic carbocycles. The van der Waals surface area contributed by atoms with E-state index in [-0.39, 0.29) is 12.7 Å². The Morgan fingerprint density at radius 3 is 2.75 bits per heavy atom. The van der Waals surface area contributed by atoms with Crippen molar-refractivity contribution in [1.82, 2.24) is 4.90 Å². The van der Waals surface area contributed by atoms with Gasteiger partial charge in [0, 0.05) is 19.2 Å². The molecule has 0 N–H and O–H groups in total. The number of hydrogen-bond donors (Lipinski definition) is 0. The van der Waals surface area contributed by atoms with Crippen LogP contribution in [0.1, 0.15) is 23.6 Å². The fourth-order valence-corrected chi connectivity index (χ4v) is 3.39. The van der Waals surface area contributed by atoms with Gasteiger partial charge in [0.25, 0.3) is 5.91 Å². The van der Waals surface area contributed by atoms with Crippen molar-refractivity contribution >= 4 is 18.0 Å². The number of fused-ring (bicyclic) bond motifs is 2. The Balaban J connectivity index is 1.33. The molecule has 144 valence electrons. The van der Waals surface area contributed by atoms with Crippen molar-refractivity contribution in [3.8, 4) is 11.5 Å². The van der Waals surface area contributed by atoms with E-state index in [0.717, 1.165) is 17.5 Å². The average Bonchev–Trinajstić information content (AvgIpc) is 3.19. The van der Waals surface area contributed by atoms with Crippen LogP contribution in [-0.2, 0) is 27.3 Å². The Hall–Kier alpha value is -3.28. The average molecular weight is 379 g/mol. The van der Waals surface area contributed by atoms with Crippen molar-refractivity contribution in [2.24, 2.45) is 0 Å². The molecule has 2 aliphatic rings. The molecule has 1 atom stereocenters. The second-order valence-corrected chi connectivity index (χ2v) is 6.80. The van der Waals surface area contributed by atoms with Gasteiger partial charge in [-0.05, 0) is 48.2 Å². The van der Waals surface area contributed by atoms with Crippen LogP contribution < -0.4 is 9.47 Å². The first-order valence-electron chi connectivity index (χ1n) is 9.24. The maximum absolute atomic E-state index is 12.6. The van der Waals surface area contributed by atoms with Crippen LogP contribution in [0.4, 0.5) is 0 Å². The zero-order valence-electron chi connectivity index (χ0n) is 15.6. The summed E-state index contributed by atoms with van der Waals surface area (Å²) in [6.45, 7) is 2.98. The number of carbonyl (C=O) groups excluding carboxylic acids is 2. The third kappa shape index (κ3) is 3.86. The number of rotatable bonds is 4. The molecule has 28 heavy (non-hydrogen) atoms.